The molecular formula is C20H23FO4. The smallest absolute Gasteiger partial charge is 0.124 e. The number of hydrogen-bond acceptors (Lipinski definition) is 4. The van der Waals surface area contributed by atoms with Crippen LogP contribution in [0, 0.1) is 5.82 Å². The van der Waals surface area contributed by atoms with Crippen molar-refractivity contribution in [3.8, 4) is 5.75 Å². The normalized spacial score (nSPS) is 20.8. The lowest BCUT2D eigenvalue weighted by Crippen LogP contribution is -2.38. The maximum Gasteiger partial charge on any atom is 0.124 e. The molecule has 0 heterocycles. The van der Waals surface area contributed by atoms with Gasteiger partial charge in [-0.15, -0.1) is 0 Å². The second-order valence-corrected chi connectivity index (χ2v) is 6.21. The Kier molecular flexibility index (Phi) is 6.02. The highest BCUT2D eigenvalue weighted by molar-refractivity contribution is 5.36. The third-order valence-corrected chi connectivity index (χ3v) is 4.44. The summed E-state index contributed by atoms with van der Waals surface area (Å²) in [6, 6.07) is 14.2. The van der Waals surface area contributed by atoms with Crippen LogP contribution >= 0.6 is 0 Å². The monoisotopic (exact) mass is 346 g/mol. The molecule has 1 N–H and O–H groups in total. The molecule has 1 saturated carbocycles. The lowest BCUT2D eigenvalue weighted by Gasteiger charge is -2.37. The van der Waals surface area contributed by atoms with Gasteiger partial charge in [0.1, 0.15) is 17.7 Å². The van der Waals surface area contributed by atoms with Gasteiger partial charge in [0.15, 0.2) is 0 Å². The molecule has 5 heteroatoms. The number of halogens is 1. The van der Waals surface area contributed by atoms with Crippen molar-refractivity contribution in [2.45, 2.75) is 37.8 Å². The fourth-order valence-electron chi connectivity index (χ4n) is 2.96. The van der Waals surface area contributed by atoms with Gasteiger partial charge in [0.2, 0.25) is 0 Å². The van der Waals surface area contributed by atoms with Gasteiger partial charge in [-0.05, 0) is 23.8 Å². The molecule has 3 rings (SSSR count). The van der Waals surface area contributed by atoms with Crippen molar-refractivity contribution in [1.82, 2.24) is 0 Å². The molecule has 0 aliphatic heterocycles. The van der Waals surface area contributed by atoms with Crippen LogP contribution in [-0.2, 0) is 16.1 Å². The predicted molar refractivity (Wildman–Crippen MR) is 91.9 cm³/mol. The summed E-state index contributed by atoms with van der Waals surface area (Å²) in [5, 5.41) is 9.64. The fraction of sp³-hybridized carbons (Fsp3) is 0.400. The van der Waals surface area contributed by atoms with E-state index in [0.717, 1.165) is 18.4 Å². The molecule has 0 saturated heterocycles. The first-order valence-corrected chi connectivity index (χ1v) is 8.45. The fourth-order valence-corrected chi connectivity index (χ4v) is 2.96. The van der Waals surface area contributed by atoms with E-state index in [1.807, 2.05) is 30.3 Å². The van der Waals surface area contributed by atoms with Gasteiger partial charge >= 0.3 is 0 Å². The van der Waals surface area contributed by atoms with E-state index in [0.29, 0.717) is 17.9 Å². The van der Waals surface area contributed by atoms with Crippen molar-refractivity contribution in [3.05, 3.63) is 65.5 Å². The minimum absolute atomic E-state index is 0.00843. The van der Waals surface area contributed by atoms with Crippen LogP contribution in [0.5, 0.6) is 5.75 Å². The second kappa shape index (κ2) is 8.43. The quantitative estimate of drug-likeness (QED) is 0.793. The van der Waals surface area contributed by atoms with Gasteiger partial charge in [0.05, 0.1) is 32.5 Å². The van der Waals surface area contributed by atoms with Crippen LogP contribution in [0.2, 0.25) is 0 Å². The van der Waals surface area contributed by atoms with Crippen LogP contribution in [0.4, 0.5) is 4.39 Å². The molecule has 0 amide bonds. The number of aliphatic hydroxyl groups excluding tert-OH is 1. The number of benzene rings is 2. The summed E-state index contributed by atoms with van der Waals surface area (Å²) < 4.78 is 30.5. The highest BCUT2D eigenvalue weighted by atomic mass is 19.1. The van der Waals surface area contributed by atoms with Gasteiger partial charge in [0, 0.05) is 18.4 Å². The standard InChI is InChI=1S/C20H23FO4/c1-23-19-8-7-15(21)9-18(19)20(12-22)25-17-10-16(11-17)24-13-14-5-3-2-4-6-14/h2-9,16-17,20,22H,10-13H2,1H3/t16-,17+,20?. The molecular weight excluding hydrogens is 323 g/mol. The van der Waals surface area contributed by atoms with Gasteiger partial charge in [-0.2, -0.15) is 0 Å². The van der Waals surface area contributed by atoms with Crippen molar-refractivity contribution in [2.24, 2.45) is 0 Å². The zero-order valence-corrected chi connectivity index (χ0v) is 14.2. The maximum atomic E-state index is 13.5. The summed E-state index contributed by atoms with van der Waals surface area (Å²) in [4.78, 5) is 0. The molecule has 1 aliphatic rings. The summed E-state index contributed by atoms with van der Waals surface area (Å²) in [7, 11) is 1.52. The number of aliphatic hydroxyl groups is 1. The molecule has 0 bridgehead atoms. The summed E-state index contributed by atoms with van der Waals surface area (Å²) in [5.41, 5.74) is 1.67. The second-order valence-electron chi connectivity index (χ2n) is 6.21. The summed E-state index contributed by atoms with van der Waals surface area (Å²) in [5.74, 6) is 0.132. The van der Waals surface area contributed by atoms with Crippen LogP contribution in [0.15, 0.2) is 48.5 Å². The van der Waals surface area contributed by atoms with Crippen molar-refractivity contribution >= 4 is 0 Å². The molecule has 134 valence electrons. The summed E-state index contributed by atoms with van der Waals surface area (Å²) in [6.07, 6.45) is 1.07. The molecule has 2 aromatic carbocycles. The SMILES string of the molecule is COc1ccc(F)cc1C(CO)O[C@H]1C[C@@H](OCc2ccccc2)C1. The Morgan fingerprint density at radius 1 is 1.12 bits per heavy atom. The molecule has 1 unspecified atom stereocenters. The first kappa shape index (κ1) is 17.9. The highest BCUT2D eigenvalue weighted by Gasteiger charge is 2.33. The van der Waals surface area contributed by atoms with Crippen molar-refractivity contribution in [2.75, 3.05) is 13.7 Å². The van der Waals surface area contributed by atoms with Crippen LogP contribution < -0.4 is 4.74 Å². The summed E-state index contributed by atoms with van der Waals surface area (Å²) >= 11 is 0. The van der Waals surface area contributed by atoms with Gasteiger partial charge in [-0.1, -0.05) is 30.3 Å². The van der Waals surface area contributed by atoms with Gasteiger partial charge in [-0.3, -0.25) is 0 Å². The molecule has 4 nitrogen and oxygen atoms in total. The topological polar surface area (TPSA) is 47.9 Å². The van der Waals surface area contributed by atoms with Gasteiger partial charge in [-0.25, -0.2) is 4.39 Å². The Labute approximate surface area is 147 Å². The Morgan fingerprint density at radius 2 is 1.88 bits per heavy atom. The van der Waals surface area contributed by atoms with E-state index in [1.54, 1.807) is 6.07 Å². The van der Waals surface area contributed by atoms with Crippen LogP contribution in [0.3, 0.4) is 0 Å². The number of ether oxygens (including phenoxy) is 3. The third kappa shape index (κ3) is 4.57. The van der Waals surface area contributed by atoms with Crippen molar-refractivity contribution < 1.29 is 23.7 Å². The first-order chi connectivity index (χ1) is 12.2. The molecule has 2 aromatic rings. The number of methoxy groups -OCH3 is 1. The molecule has 1 fully saturated rings. The minimum atomic E-state index is -0.606. The average Bonchev–Trinajstić information content (AvgIpc) is 2.61. The van der Waals surface area contributed by atoms with E-state index in [9.17, 15) is 9.50 Å². The Bertz CT molecular complexity index is 671. The number of rotatable bonds is 8. The molecule has 25 heavy (non-hydrogen) atoms. The lowest BCUT2D eigenvalue weighted by molar-refractivity contribution is -0.139. The molecule has 1 atom stereocenters. The average molecular weight is 346 g/mol. The van der Waals surface area contributed by atoms with Gasteiger partial charge in [0.25, 0.3) is 0 Å². The van der Waals surface area contributed by atoms with E-state index >= 15 is 0 Å². The predicted octanol–water partition coefficient (Wildman–Crippen LogP) is 3.63. The molecule has 1 aliphatic carbocycles. The third-order valence-electron chi connectivity index (χ3n) is 4.44. The van der Waals surface area contributed by atoms with Crippen LogP contribution in [0.1, 0.15) is 30.1 Å². The van der Waals surface area contributed by atoms with Gasteiger partial charge < -0.3 is 19.3 Å². The zero-order valence-electron chi connectivity index (χ0n) is 14.2. The van der Waals surface area contributed by atoms with Crippen LogP contribution in [-0.4, -0.2) is 31.0 Å². The van der Waals surface area contributed by atoms with Crippen molar-refractivity contribution in [1.29, 1.82) is 0 Å². The highest BCUT2D eigenvalue weighted by Crippen LogP contribution is 2.35. The Balaban J connectivity index is 1.50. The lowest BCUT2D eigenvalue weighted by atomic mass is 9.91. The Morgan fingerprint density at radius 3 is 2.56 bits per heavy atom. The zero-order chi connectivity index (χ0) is 17.6. The first-order valence-electron chi connectivity index (χ1n) is 8.45. The Hall–Kier alpha value is -1.95. The largest absolute Gasteiger partial charge is 0.496 e. The molecule has 0 radical (unpaired) electrons. The van der Waals surface area contributed by atoms with Crippen molar-refractivity contribution in [3.63, 3.8) is 0 Å². The van der Waals surface area contributed by atoms with E-state index < -0.39 is 6.10 Å². The van der Waals surface area contributed by atoms with E-state index in [2.05, 4.69) is 0 Å². The van der Waals surface area contributed by atoms with E-state index in [4.69, 9.17) is 14.2 Å². The van der Waals surface area contributed by atoms with Crippen LogP contribution in [0.25, 0.3) is 0 Å². The number of hydrogen-bond donors (Lipinski definition) is 1. The van der Waals surface area contributed by atoms with E-state index in [1.165, 1.54) is 19.2 Å². The maximum absolute atomic E-state index is 13.5. The molecule has 0 aromatic heterocycles. The minimum Gasteiger partial charge on any atom is -0.496 e. The summed E-state index contributed by atoms with van der Waals surface area (Å²) in [6.45, 7) is 0.352. The van der Waals surface area contributed by atoms with E-state index in [-0.39, 0.29) is 24.6 Å². The molecule has 0 spiro atoms.